The summed E-state index contributed by atoms with van der Waals surface area (Å²) < 4.78 is 0. The lowest BCUT2D eigenvalue weighted by Crippen LogP contribution is -2.12. The van der Waals surface area contributed by atoms with E-state index in [2.05, 4.69) is 17.2 Å². The molecule has 1 amide bonds. The summed E-state index contributed by atoms with van der Waals surface area (Å²) in [6.07, 6.45) is 0. The highest BCUT2D eigenvalue weighted by molar-refractivity contribution is 7.08. The molecule has 0 unspecified atom stereocenters. The maximum Gasteiger partial charge on any atom is 0.256 e. The Bertz CT molecular complexity index is 692. The fourth-order valence-corrected chi connectivity index (χ4v) is 2.59. The zero-order valence-corrected chi connectivity index (χ0v) is 12.2. The van der Waals surface area contributed by atoms with E-state index in [0.29, 0.717) is 11.3 Å². The number of aryl methyl sites for hydroxylation is 2. The number of aliphatic hydroxyl groups excluding tert-OH is 1. The predicted molar refractivity (Wildman–Crippen MR) is 82.2 cm³/mol. The number of nitrogens with one attached hydrogen (secondary N) is 1. The molecule has 2 N–H and O–H groups in total. The fourth-order valence-electron chi connectivity index (χ4n) is 1.76. The standard InChI is InChI=1S/C16H15NO2S/c1-11-5-6-14(8-13(11)4-3-7-18)17-16(19)15-10-20-9-12(15)2/h5-6,8-10,18H,7H2,1-2H3,(H,17,19). The van der Waals surface area contributed by atoms with E-state index >= 15 is 0 Å². The van der Waals surface area contributed by atoms with Crippen LogP contribution in [0.1, 0.15) is 27.0 Å². The van der Waals surface area contributed by atoms with Crippen LogP contribution in [-0.2, 0) is 0 Å². The number of anilines is 1. The Hall–Kier alpha value is -2.09. The topological polar surface area (TPSA) is 49.3 Å². The van der Waals surface area contributed by atoms with Crippen molar-refractivity contribution in [3.05, 3.63) is 51.2 Å². The van der Waals surface area contributed by atoms with Gasteiger partial charge in [0.2, 0.25) is 0 Å². The molecule has 1 heterocycles. The average molecular weight is 285 g/mol. The van der Waals surface area contributed by atoms with E-state index in [4.69, 9.17) is 5.11 Å². The third-order valence-corrected chi connectivity index (χ3v) is 3.76. The molecule has 0 bridgehead atoms. The highest BCUT2D eigenvalue weighted by atomic mass is 32.1. The Balaban J connectivity index is 2.22. The summed E-state index contributed by atoms with van der Waals surface area (Å²) in [5.74, 6) is 5.37. The van der Waals surface area contributed by atoms with Crippen LogP contribution in [0.2, 0.25) is 0 Å². The third-order valence-electron chi connectivity index (χ3n) is 2.90. The largest absolute Gasteiger partial charge is 0.384 e. The van der Waals surface area contributed by atoms with Crippen LogP contribution in [0.5, 0.6) is 0 Å². The number of carbonyl (C=O) groups is 1. The first kappa shape index (κ1) is 14.3. The van der Waals surface area contributed by atoms with E-state index in [1.165, 1.54) is 11.3 Å². The van der Waals surface area contributed by atoms with Crippen LogP contribution >= 0.6 is 11.3 Å². The van der Waals surface area contributed by atoms with Gasteiger partial charge >= 0.3 is 0 Å². The monoisotopic (exact) mass is 285 g/mol. The first-order valence-corrected chi connectivity index (χ1v) is 7.10. The van der Waals surface area contributed by atoms with Crippen molar-refractivity contribution in [2.24, 2.45) is 0 Å². The molecule has 0 atom stereocenters. The summed E-state index contributed by atoms with van der Waals surface area (Å²) in [6.45, 7) is 3.68. The molecular formula is C16H15NO2S. The zero-order valence-electron chi connectivity index (χ0n) is 11.4. The van der Waals surface area contributed by atoms with Gasteiger partial charge in [-0.1, -0.05) is 17.9 Å². The minimum absolute atomic E-state index is 0.117. The molecule has 1 aromatic heterocycles. The van der Waals surface area contributed by atoms with Crippen molar-refractivity contribution in [1.82, 2.24) is 0 Å². The lowest BCUT2D eigenvalue weighted by molar-refractivity contribution is 0.102. The van der Waals surface area contributed by atoms with Gasteiger partial charge in [-0.05, 0) is 42.5 Å². The van der Waals surface area contributed by atoms with Crippen molar-refractivity contribution in [3.8, 4) is 11.8 Å². The minimum Gasteiger partial charge on any atom is -0.384 e. The van der Waals surface area contributed by atoms with Gasteiger partial charge in [0, 0.05) is 16.6 Å². The number of benzene rings is 1. The summed E-state index contributed by atoms with van der Waals surface area (Å²) in [7, 11) is 0. The summed E-state index contributed by atoms with van der Waals surface area (Å²) >= 11 is 1.51. The molecule has 0 saturated carbocycles. The summed E-state index contributed by atoms with van der Waals surface area (Å²) in [5, 5.41) is 15.4. The summed E-state index contributed by atoms with van der Waals surface area (Å²) in [5.41, 5.74) is 4.18. The maximum absolute atomic E-state index is 12.1. The van der Waals surface area contributed by atoms with E-state index in [1.807, 2.05) is 42.8 Å². The van der Waals surface area contributed by atoms with Crippen molar-refractivity contribution >= 4 is 22.9 Å². The molecule has 0 aliphatic carbocycles. The number of hydrogen-bond acceptors (Lipinski definition) is 3. The van der Waals surface area contributed by atoms with Gasteiger partial charge in [0.15, 0.2) is 0 Å². The van der Waals surface area contributed by atoms with E-state index < -0.39 is 0 Å². The van der Waals surface area contributed by atoms with Gasteiger partial charge < -0.3 is 10.4 Å². The predicted octanol–water partition coefficient (Wildman–Crippen LogP) is 2.96. The molecule has 0 aliphatic heterocycles. The molecule has 2 rings (SSSR count). The van der Waals surface area contributed by atoms with Gasteiger partial charge in [0.1, 0.15) is 6.61 Å². The van der Waals surface area contributed by atoms with Crippen LogP contribution in [0.25, 0.3) is 0 Å². The number of thiophene rings is 1. The van der Waals surface area contributed by atoms with Crippen molar-refractivity contribution in [1.29, 1.82) is 0 Å². The molecule has 2 aromatic rings. The molecule has 0 radical (unpaired) electrons. The third kappa shape index (κ3) is 3.27. The van der Waals surface area contributed by atoms with Crippen LogP contribution < -0.4 is 5.32 Å². The molecule has 0 aliphatic rings. The van der Waals surface area contributed by atoms with E-state index in [9.17, 15) is 4.79 Å². The molecule has 0 saturated heterocycles. The van der Waals surface area contributed by atoms with Crippen LogP contribution in [0.15, 0.2) is 29.0 Å². The molecule has 102 valence electrons. The first-order chi connectivity index (χ1) is 9.61. The fraction of sp³-hybridized carbons (Fsp3) is 0.188. The lowest BCUT2D eigenvalue weighted by Gasteiger charge is -2.07. The average Bonchev–Trinajstić information content (AvgIpc) is 2.85. The number of carbonyl (C=O) groups excluding carboxylic acids is 1. The number of aliphatic hydroxyl groups is 1. The van der Waals surface area contributed by atoms with Crippen molar-refractivity contribution in [2.75, 3.05) is 11.9 Å². The zero-order chi connectivity index (χ0) is 14.5. The Labute approximate surface area is 122 Å². The van der Waals surface area contributed by atoms with Crippen molar-refractivity contribution in [2.45, 2.75) is 13.8 Å². The van der Waals surface area contributed by atoms with Gasteiger partial charge in [-0.2, -0.15) is 11.3 Å². The van der Waals surface area contributed by atoms with Gasteiger partial charge in [-0.25, -0.2) is 0 Å². The smallest absolute Gasteiger partial charge is 0.256 e. The van der Waals surface area contributed by atoms with E-state index in [1.54, 1.807) is 0 Å². The Kier molecular flexibility index (Phi) is 4.57. The quantitative estimate of drug-likeness (QED) is 0.833. The second-order valence-electron chi connectivity index (χ2n) is 4.41. The highest BCUT2D eigenvalue weighted by Crippen LogP contribution is 2.18. The molecule has 4 heteroatoms. The molecule has 0 spiro atoms. The van der Waals surface area contributed by atoms with Crippen LogP contribution in [0.3, 0.4) is 0 Å². The molecular weight excluding hydrogens is 270 g/mol. The SMILES string of the molecule is Cc1ccc(NC(=O)c2cscc2C)cc1C#CCO. The number of hydrogen-bond donors (Lipinski definition) is 2. The highest BCUT2D eigenvalue weighted by Gasteiger charge is 2.10. The molecule has 3 nitrogen and oxygen atoms in total. The Morgan fingerprint density at radius 2 is 2.10 bits per heavy atom. The van der Waals surface area contributed by atoms with Crippen molar-refractivity contribution < 1.29 is 9.90 Å². The normalized spacial score (nSPS) is 9.75. The van der Waals surface area contributed by atoms with Crippen LogP contribution in [0.4, 0.5) is 5.69 Å². The van der Waals surface area contributed by atoms with Crippen molar-refractivity contribution in [3.63, 3.8) is 0 Å². The Morgan fingerprint density at radius 3 is 2.75 bits per heavy atom. The minimum atomic E-state index is -0.176. The molecule has 20 heavy (non-hydrogen) atoms. The Morgan fingerprint density at radius 1 is 1.30 bits per heavy atom. The van der Waals surface area contributed by atoms with Gasteiger partial charge in [-0.3, -0.25) is 4.79 Å². The number of amides is 1. The second-order valence-corrected chi connectivity index (χ2v) is 5.16. The van der Waals surface area contributed by atoms with Gasteiger partial charge in [0.25, 0.3) is 5.91 Å². The van der Waals surface area contributed by atoms with Crippen LogP contribution in [-0.4, -0.2) is 17.6 Å². The molecule has 0 fully saturated rings. The molecule has 1 aromatic carbocycles. The summed E-state index contributed by atoms with van der Waals surface area (Å²) in [4.78, 5) is 12.1. The maximum atomic E-state index is 12.1. The van der Waals surface area contributed by atoms with E-state index in [-0.39, 0.29) is 12.5 Å². The first-order valence-electron chi connectivity index (χ1n) is 6.16. The van der Waals surface area contributed by atoms with E-state index in [0.717, 1.165) is 16.7 Å². The van der Waals surface area contributed by atoms with Crippen LogP contribution in [0, 0.1) is 25.7 Å². The van der Waals surface area contributed by atoms with Gasteiger partial charge in [-0.15, -0.1) is 0 Å². The second kappa shape index (κ2) is 6.38. The summed E-state index contributed by atoms with van der Waals surface area (Å²) in [6, 6.07) is 5.56. The van der Waals surface area contributed by atoms with Gasteiger partial charge in [0.05, 0.1) is 5.56 Å². The number of rotatable bonds is 2. The lowest BCUT2D eigenvalue weighted by atomic mass is 10.1.